The van der Waals surface area contributed by atoms with Gasteiger partial charge in [-0.2, -0.15) is 0 Å². The number of rotatable bonds is 2. The zero-order valence-corrected chi connectivity index (χ0v) is 7.78. The summed E-state index contributed by atoms with van der Waals surface area (Å²) in [5.74, 6) is 0.881. The summed E-state index contributed by atoms with van der Waals surface area (Å²) < 4.78 is 0. The summed E-state index contributed by atoms with van der Waals surface area (Å²) in [5, 5.41) is 3.42. The largest absolute Gasteiger partial charge is 0.237 e. The van der Waals surface area contributed by atoms with E-state index in [0.717, 1.165) is 5.56 Å². The first-order chi connectivity index (χ1) is 7.40. The van der Waals surface area contributed by atoms with Crippen molar-refractivity contribution in [3.05, 3.63) is 53.0 Å². The van der Waals surface area contributed by atoms with Crippen LogP contribution in [0.25, 0.3) is 21.8 Å². The molecule has 0 amide bonds. The smallest absolute Gasteiger partial charge is 0.159 e. The number of azide groups is 1. The van der Waals surface area contributed by atoms with Gasteiger partial charge in [0.15, 0.2) is 5.82 Å². The van der Waals surface area contributed by atoms with Crippen molar-refractivity contribution < 1.29 is 0 Å². The zero-order valence-electron chi connectivity index (χ0n) is 7.78. The fraction of sp³-hybridized carbons (Fsp3) is 0. The van der Waals surface area contributed by atoms with E-state index in [4.69, 9.17) is 5.53 Å². The third kappa shape index (κ3) is 2.10. The van der Waals surface area contributed by atoms with Crippen LogP contribution < -0.4 is 0 Å². The van der Waals surface area contributed by atoms with Crippen molar-refractivity contribution >= 4 is 5.82 Å². The quantitative estimate of drug-likeness (QED) is 0.421. The first-order valence-electron chi connectivity index (χ1n) is 4.34. The van der Waals surface area contributed by atoms with Crippen LogP contribution in [-0.4, -0.2) is 9.97 Å². The van der Waals surface area contributed by atoms with Crippen LogP contribution in [0, 0.1) is 0 Å². The molecule has 2 aromatic rings. The summed E-state index contributed by atoms with van der Waals surface area (Å²) in [7, 11) is 0. The highest BCUT2D eigenvalue weighted by molar-refractivity contribution is 5.55. The van der Waals surface area contributed by atoms with Crippen molar-refractivity contribution in [2.75, 3.05) is 0 Å². The van der Waals surface area contributed by atoms with Crippen LogP contribution in [0.4, 0.5) is 5.82 Å². The normalized spacial score (nSPS) is 9.33. The van der Waals surface area contributed by atoms with Crippen LogP contribution in [0.2, 0.25) is 0 Å². The molecule has 0 saturated carbocycles. The molecule has 0 saturated heterocycles. The standard InChI is InChI=1S/C10H7N5/c11-15-14-9-6-7-12-10(13-9)8-4-2-1-3-5-8/h1-7H. The Morgan fingerprint density at radius 2 is 1.93 bits per heavy atom. The Labute approximate surface area is 86.1 Å². The molecule has 0 aliphatic rings. The summed E-state index contributed by atoms with van der Waals surface area (Å²) in [6.07, 6.45) is 1.57. The zero-order chi connectivity index (χ0) is 10.5. The van der Waals surface area contributed by atoms with Crippen LogP contribution in [0.5, 0.6) is 0 Å². The first-order valence-corrected chi connectivity index (χ1v) is 4.34. The predicted octanol–water partition coefficient (Wildman–Crippen LogP) is 3.09. The van der Waals surface area contributed by atoms with E-state index in [1.165, 1.54) is 0 Å². The first kappa shape index (κ1) is 9.18. The van der Waals surface area contributed by atoms with Crippen molar-refractivity contribution in [1.29, 1.82) is 0 Å². The minimum Gasteiger partial charge on any atom is -0.237 e. The van der Waals surface area contributed by atoms with E-state index in [2.05, 4.69) is 20.0 Å². The molecule has 5 nitrogen and oxygen atoms in total. The van der Waals surface area contributed by atoms with Gasteiger partial charge in [0.25, 0.3) is 0 Å². The van der Waals surface area contributed by atoms with Crippen LogP contribution in [0.1, 0.15) is 0 Å². The second-order valence-electron chi connectivity index (χ2n) is 2.79. The molecule has 1 aromatic carbocycles. The maximum atomic E-state index is 8.28. The molecule has 0 aliphatic heterocycles. The monoisotopic (exact) mass is 197 g/mol. The molecule has 0 N–H and O–H groups in total. The second kappa shape index (κ2) is 4.21. The molecule has 0 bridgehead atoms. The van der Waals surface area contributed by atoms with E-state index < -0.39 is 0 Å². The number of nitrogens with zero attached hydrogens (tertiary/aromatic N) is 5. The topological polar surface area (TPSA) is 74.5 Å². The van der Waals surface area contributed by atoms with E-state index in [9.17, 15) is 0 Å². The van der Waals surface area contributed by atoms with Gasteiger partial charge in [-0.15, -0.1) is 0 Å². The van der Waals surface area contributed by atoms with Crippen molar-refractivity contribution in [3.63, 3.8) is 0 Å². The summed E-state index contributed by atoms with van der Waals surface area (Å²) in [6, 6.07) is 11.1. The number of hydrogen-bond donors (Lipinski definition) is 0. The fourth-order valence-electron chi connectivity index (χ4n) is 1.18. The lowest BCUT2D eigenvalue weighted by Gasteiger charge is -1.99. The SMILES string of the molecule is [N-]=[N+]=Nc1ccnc(-c2ccccc2)n1. The van der Waals surface area contributed by atoms with Crippen molar-refractivity contribution in [2.24, 2.45) is 5.11 Å². The molecule has 0 unspecified atom stereocenters. The molecule has 0 aliphatic carbocycles. The lowest BCUT2D eigenvalue weighted by Crippen LogP contribution is -1.86. The molecular weight excluding hydrogens is 190 g/mol. The number of benzene rings is 1. The third-order valence-electron chi connectivity index (χ3n) is 1.82. The van der Waals surface area contributed by atoms with E-state index >= 15 is 0 Å². The van der Waals surface area contributed by atoms with E-state index in [1.54, 1.807) is 12.3 Å². The Morgan fingerprint density at radius 1 is 1.13 bits per heavy atom. The minimum atomic E-state index is 0.325. The van der Waals surface area contributed by atoms with Crippen LogP contribution in [-0.2, 0) is 0 Å². The Morgan fingerprint density at radius 3 is 2.67 bits per heavy atom. The van der Waals surface area contributed by atoms with Gasteiger partial charge in [-0.3, -0.25) is 0 Å². The molecular formula is C10H7N5. The molecule has 0 radical (unpaired) electrons. The third-order valence-corrected chi connectivity index (χ3v) is 1.82. The lowest BCUT2D eigenvalue weighted by atomic mass is 10.2. The Kier molecular flexibility index (Phi) is 2.58. The van der Waals surface area contributed by atoms with Gasteiger partial charge in [-0.25, -0.2) is 9.97 Å². The Balaban J connectivity index is 2.46. The molecule has 0 spiro atoms. The lowest BCUT2D eigenvalue weighted by molar-refractivity contribution is 1.15. The predicted molar refractivity (Wildman–Crippen MR) is 56.3 cm³/mol. The second-order valence-corrected chi connectivity index (χ2v) is 2.79. The molecule has 1 aromatic heterocycles. The highest BCUT2D eigenvalue weighted by Crippen LogP contribution is 2.16. The molecule has 0 fully saturated rings. The van der Waals surface area contributed by atoms with Gasteiger partial charge >= 0.3 is 0 Å². The summed E-state index contributed by atoms with van der Waals surface area (Å²) in [5.41, 5.74) is 9.17. The van der Waals surface area contributed by atoms with Gasteiger partial charge in [0.1, 0.15) is 5.82 Å². The van der Waals surface area contributed by atoms with Gasteiger partial charge in [0.2, 0.25) is 0 Å². The minimum absolute atomic E-state index is 0.325. The van der Waals surface area contributed by atoms with E-state index in [0.29, 0.717) is 11.6 Å². The highest BCUT2D eigenvalue weighted by atomic mass is 15.2. The number of hydrogen-bond acceptors (Lipinski definition) is 3. The number of aromatic nitrogens is 2. The molecule has 2 rings (SSSR count). The van der Waals surface area contributed by atoms with E-state index in [1.807, 2.05) is 30.3 Å². The van der Waals surface area contributed by atoms with Crippen molar-refractivity contribution in [2.45, 2.75) is 0 Å². The molecule has 5 heteroatoms. The van der Waals surface area contributed by atoms with Crippen LogP contribution in [0.3, 0.4) is 0 Å². The summed E-state index contributed by atoms with van der Waals surface area (Å²) >= 11 is 0. The average molecular weight is 197 g/mol. The van der Waals surface area contributed by atoms with Gasteiger partial charge in [-0.1, -0.05) is 30.3 Å². The molecule has 15 heavy (non-hydrogen) atoms. The van der Waals surface area contributed by atoms with Crippen molar-refractivity contribution in [3.8, 4) is 11.4 Å². The molecule has 0 atom stereocenters. The molecule has 1 heterocycles. The maximum absolute atomic E-state index is 8.28. The van der Waals surface area contributed by atoms with E-state index in [-0.39, 0.29) is 0 Å². The Bertz CT molecular complexity index is 502. The fourth-order valence-corrected chi connectivity index (χ4v) is 1.18. The average Bonchev–Trinajstić information content (AvgIpc) is 2.31. The van der Waals surface area contributed by atoms with Gasteiger partial charge < -0.3 is 0 Å². The van der Waals surface area contributed by atoms with Crippen molar-refractivity contribution in [1.82, 2.24) is 9.97 Å². The maximum Gasteiger partial charge on any atom is 0.159 e. The summed E-state index contributed by atoms with van der Waals surface area (Å²) in [4.78, 5) is 10.9. The Hall–Kier alpha value is -2.39. The van der Waals surface area contributed by atoms with Gasteiger partial charge in [-0.05, 0) is 16.7 Å². The molecule has 72 valence electrons. The van der Waals surface area contributed by atoms with Gasteiger partial charge in [0.05, 0.1) is 0 Å². The van der Waals surface area contributed by atoms with Crippen LogP contribution >= 0.6 is 0 Å². The summed E-state index contributed by atoms with van der Waals surface area (Å²) in [6.45, 7) is 0. The van der Waals surface area contributed by atoms with Crippen LogP contribution in [0.15, 0.2) is 47.7 Å². The highest BCUT2D eigenvalue weighted by Gasteiger charge is 1.99. The van der Waals surface area contributed by atoms with Gasteiger partial charge in [0, 0.05) is 16.7 Å².